The van der Waals surface area contributed by atoms with Crippen LogP contribution in [0, 0.1) is 0 Å². The first-order valence-electron chi connectivity index (χ1n) is 4.24. The third-order valence-corrected chi connectivity index (χ3v) is 1.77. The molecule has 0 aromatic heterocycles. The van der Waals surface area contributed by atoms with Crippen LogP contribution < -0.4 is 5.84 Å². The first-order valence-corrected chi connectivity index (χ1v) is 4.24. The third-order valence-electron chi connectivity index (χ3n) is 1.77. The normalized spacial score (nSPS) is 28.4. The largest absolute Gasteiger partial charge is 0.269 e. The second-order valence-electron chi connectivity index (χ2n) is 4.73. The molecule has 12 heavy (non-hydrogen) atoms. The Hall–Kier alpha value is -0.480. The molecule has 1 heterocycles. The lowest BCUT2D eigenvalue weighted by Crippen LogP contribution is -2.45. The molecule has 0 radical (unpaired) electrons. The maximum Gasteiger partial charge on any atom is 0.0900 e. The molecule has 0 fully saturated rings. The van der Waals surface area contributed by atoms with Crippen LogP contribution in [0.15, 0.2) is 10.2 Å². The molecule has 1 rings (SSSR count). The summed E-state index contributed by atoms with van der Waals surface area (Å²) >= 11 is 0. The maximum absolute atomic E-state index is 5.80. The van der Waals surface area contributed by atoms with Gasteiger partial charge in [-0.25, -0.2) is 5.01 Å². The number of azo groups is 1. The predicted molar refractivity (Wildman–Crippen MR) is 48.8 cm³/mol. The van der Waals surface area contributed by atoms with Crippen LogP contribution in [0.5, 0.6) is 0 Å². The minimum absolute atomic E-state index is 0.150. The SMILES string of the molecule is CC1(C)CN(N)CC(C)(C)N=N1. The lowest BCUT2D eigenvalue weighted by atomic mass is 10.1. The number of hydrogen-bond acceptors (Lipinski definition) is 4. The summed E-state index contributed by atoms with van der Waals surface area (Å²) in [5.74, 6) is 5.80. The first-order chi connectivity index (χ1) is 5.31. The summed E-state index contributed by atoms with van der Waals surface area (Å²) in [6.07, 6.45) is 0. The van der Waals surface area contributed by atoms with Crippen molar-refractivity contribution < 1.29 is 0 Å². The molecule has 0 atom stereocenters. The van der Waals surface area contributed by atoms with Gasteiger partial charge in [0.15, 0.2) is 0 Å². The van der Waals surface area contributed by atoms with Crippen LogP contribution in [-0.2, 0) is 0 Å². The second-order valence-corrected chi connectivity index (χ2v) is 4.73. The minimum Gasteiger partial charge on any atom is -0.269 e. The van der Waals surface area contributed by atoms with E-state index in [9.17, 15) is 0 Å². The van der Waals surface area contributed by atoms with Crippen LogP contribution >= 0.6 is 0 Å². The Bertz CT molecular complexity index is 175. The Balaban J connectivity index is 2.82. The zero-order valence-corrected chi connectivity index (χ0v) is 8.33. The zero-order valence-electron chi connectivity index (χ0n) is 8.33. The quantitative estimate of drug-likeness (QED) is 0.555. The number of nitrogens with two attached hydrogens (primary N) is 1. The van der Waals surface area contributed by atoms with Crippen LogP contribution in [0.2, 0.25) is 0 Å². The van der Waals surface area contributed by atoms with Crippen LogP contribution in [0.1, 0.15) is 27.7 Å². The van der Waals surface area contributed by atoms with Crippen LogP contribution in [-0.4, -0.2) is 29.2 Å². The predicted octanol–water partition coefficient (Wildman–Crippen LogP) is 1.19. The summed E-state index contributed by atoms with van der Waals surface area (Å²) in [7, 11) is 0. The van der Waals surface area contributed by atoms with Crippen LogP contribution in [0.4, 0.5) is 0 Å². The highest BCUT2D eigenvalue weighted by Gasteiger charge is 2.29. The van der Waals surface area contributed by atoms with Gasteiger partial charge in [-0.2, -0.15) is 10.2 Å². The van der Waals surface area contributed by atoms with Gasteiger partial charge < -0.3 is 0 Å². The summed E-state index contributed by atoms with van der Waals surface area (Å²) in [5.41, 5.74) is -0.301. The molecule has 70 valence electrons. The summed E-state index contributed by atoms with van der Waals surface area (Å²) in [4.78, 5) is 0. The average molecular weight is 170 g/mol. The van der Waals surface area contributed by atoms with Crippen molar-refractivity contribution in [2.45, 2.75) is 38.8 Å². The Kier molecular flexibility index (Phi) is 2.23. The van der Waals surface area contributed by atoms with Gasteiger partial charge >= 0.3 is 0 Å². The van der Waals surface area contributed by atoms with E-state index in [-0.39, 0.29) is 11.1 Å². The van der Waals surface area contributed by atoms with E-state index in [1.807, 2.05) is 27.7 Å². The molecule has 0 saturated heterocycles. The average Bonchev–Trinajstić information content (AvgIpc) is 1.87. The lowest BCUT2D eigenvalue weighted by Gasteiger charge is -2.24. The number of hydrazine groups is 1. The van der Waals surface area contributed by atoms with Crippen molar-refractivity contribution in [1.82, 2.24) is 5.01 Å². The highest BCUT2D eigenvalue weighted by atomic mass is 15.4. The molecule has 2 N–H and O–H groups in total. The Morgan fingerprint density at radius 1 is 1.00 bits per heavy atom. The van der Waals surface area contributed by atoms with Gasteiger partial charge in [0.1, 0.15) is 0 Å². The van der Waals surface area contributed by atoms with E-state index >= 15 is 0 Å². The molecule has 0 spiro atoms. The smallest absolute Gasteiger partial charge is 0.0900 e. The van der Waals surface area contributed by atoms with Crippen LogP contribution in [0.25, 0.3) is 0 Å². The van der Waals surface area contributed by atoms with Gasteiger partial charge in [0.25, 0.3) is 0 Å². The van der Waals surface area contributed by atoms with E-state index in [4.69, 9.17) is 5.84 Å². The molecule has 1 aliphatic rings. The Labute approximate surface area is 73.8 Å². The molecule has 4 heteroatoms. The van der Waals surface area contributed by atoms with E-state index < -0.39 is 0 Å². The fraction of sp³-hybridized carbons (Fsp3) is 1.00. The van der Waals surface area contributed by atoms with Crippen LogP contribution in [0.3, 0.4) is 0 Å². The topological polar surface area (TPSA) is 54.0 Å². The molecule has 0 aromatic rings. The Morgan fingerprint density at radius 2 is 1.33 bits per heavy atom. The molecule has 0 bridgehead atoms. The molecule has 4 nitrogen and oxygen atoms in total. The molecule has 1 aliphatic heterocycles. The molecule has 0 amide bonds. The Morgan fingerprint density at radius 3 is 1.67 bits per heavy atom. The van der Waals surface area contributed by atoms with Crippen molar-refractivity contribution in [2.24, 2.45) is 16.1 Å². The van der Waals surface area contributed by atoms with Crippen molar-refractivity contribution in [3.63, 3.8) is 0 Å². The van der Waals surface area contributed by atoms with Gasteiger partial charge in [-0.05, 0) is 27.7 Å². The number of nitrogens with zero attached hydrogens (tertiary/aromatic N) is 3. The fourth-order valence-corrected chi connectivity index (χ4v) is 1.38. The second kappa shape index (κ2) is 2.78. The fourth-order valence-electron chi connectivity index (χ4n) is 1.38. The van der Waals surface area contributed by atoms with Crippen molar-refractivity contribution in [3.8, 4) is 0 Å². The minimum atomic E-state index is -0.150. The highest BCUT2D eigenvalue weighted by molar-refractivity contribution is 4.88. The van der Waals surface area contributed by atoms with Gasteiger partial charge in [0, 0.05) is 13.1 Å². The lowest BCUT2D eigenvalue weighted by molar-refractivity contribution is 0.218. The van der Waals surface area contributed by atoms with E-state index in [2.05, 4.69) is 10.2 Å². The van der Waals surface area contributed by atoms with Gasteiger partial charge in [-0.3, -0.25) is 5.84 Å². The van der Waals surface area contributed by atoms with E-state index in [0.717, 1.165) is 13.1 Å². The van der Waals surface area contributed by atoms with Crippen molar-refractivity contribution in [1.29, 1.82) is 0 Å². The molecule has 0 unspecified atom stereocenters. The number of rotatable bonds is 0. The zero-order chi connectivity index (χ0) is 9.41. The monoisotopic (exact) mass is 170 g/mol. The summed E-state index contributed by atoms with van der Waals surface area (Å²) in [6.45, 7) is 9.69. The standard InChI is InChI=1S/C8H18N4/c1-7(2)5-12(9)6-8(3,4)11-10-7/h5-6,9H2,1-4H3. The van der Waals surface area contributed by atoms with E-state index in [0.29, 0.717) is 0 Å². The van der Waals surface area contributed by atoms with Gasteiger partial charge in [0.05, 0.1) is 11.1 Å². The molecular weight excluding hydrogens is 152 g/mol. The van der Waals surface area contributed by atoms with Crippen molar-refractivity contribution in [2.75, 3.05) is 13.1 Å². The molecular formula is C8H18N4. The highest BCUT2D eigenvalue weighted by Crippen LogP contribution is 2.21. The first kappa shape index (κ1) is 9.61. The van der Waals surface area contributed by atoms with E-state index in [1.165, 1.54) is 0 Å². The molecule has 0 aliphatic carbocycles. The summed E-state index contributed by atoms with van der Waals surface area (Å²) in [5, 5.41) is 10.3. The number of hydrogen-bond donors (Lipinski definition) is 1. The summed E-state index contributed by atoms with van der Waals surface area (Å²) < 4.78 is 0. The van der Waals surface area contributed by atoms with Gasteiger partial charge in [-0.1, -0.05) is 0 Å². The maximum atomic E-state index is 5.80. The molecule has 0 aromatic carbocycles. The van der Waals surface area contributed by atoms with Crippen molar-refractivity contribution >= 4 is 0 Å². The third kappa shape index (κ3) is 2.53. The van der Waals surface area contributed by atoms with E-state index in [1.54, 1.807) is 5.01 Å². The van der Waals surface area contributed by atoms with Gasteiger partial charge in [-0.15, -0.1) is 0 Å². The summed E-state index contributed by atoms with van der Waals surface area (Å²) in [6, 6.07) is 0. The van der Waals surface area contributed by atoms with Crippen molar-refractivity contribution in [3.05, 3.63) is 0 Å². The molecule has 0 saturated carbocycles. The van der Waals surface area contributed by atoms with Gasteiger partial charge in [0.2, 0.25) is 0 Å².